The maximum Gasteiger partial charge on any atom is 0.420 e. The van der Waals surface area contributed by atoms with E-state index in [4.69, 9.17) is 9.84 Å². The quantitative estimate of drug-likeness (QED) is 0.797. The topological polar surface area (TPSA) is 78.8 Å². The molecule has 2 rings (SSSR count). The van der Waals surface area contributed by atoms with Crippen LogP contribution in [0.5, 0.6) is 11.5 Å². The minimum Gasteiger partial charge on any atom is -0.504 e. The van der Waals surface area contributed by atoms with E-state index in [2.05, 4.69) is 5.32 Å². The van der Waals surface area contributed by atoms with Crippen molar-refractivity contribution in [1.82, 2.24) is 5.32 Å². The minimum absolute atomic E-state index is 0.181. The van der Waals surface area contributed by atoms with Crippen LogP contribution in [-0.2, 0) is 11.0 Å². The van der Waals surface area contributed by atoms with Crippen molar-refractivity contribution in [2.24, 2.45) is 5.92 Å². The summed E-state index contributed by atoms with van der Waals surface area (Å²) in [4.78, 5) is 10.9. The summed E-state index contributed by atoms with van der Waals surface area (Å²) >= 11 is 0. The second-order valence-corrected chi connectivity index (χ2v) is 4.85. The Morgan fingerprint density at radius 2 is 2.10 bits per heavy atom. The molecule has 1 fully saturated rings. The van der Waals surface area contributed by atoms with Crippen LogP contribution in [-0.4, -0.2) is 29.8 Å². The van der Waals surface area contributed by atoms with Crippen molar-refractivity contribution in [3.8, 4) is 11.5 Å². The lowest BCUT2D eigenvalue weighted by Crippen LogP contribution is -2.17. The Hall–Kier alpha value is -1.96. The van der Waals surface area contributed by atoms with E-state index in [9.17, 15) is 23.1 Å². The lowest BCUT2D eigenvalue weighted by atomic mass is 9.97. The van der Waals surface area contributed by atoms with Gasteiger partial charge < -0.3 is 20.3 Å². The summed E-state index contributed by atoms with van der Waals surface area (Å²) < 4.78 is 43.5. The number of carboxylic acids is 1. The zero-order valence-corrected chi connectivity index (χ0v) is 11.1. The van der Waals surface area contributed by atoms with Gasteiger partial charge in [0, 0.05) is 12.6 Å². The number of ether oxygens (including phenoxy) is 1. The van der Waals surface area contributed by atoms with E-state index in [1.807, 2.05) is 0 Å². The summed E-state index contributed by atoms with van der Waals surface area (Å²) in [7, 11) is 1.15. The molecular formula is C13H14F3NO4. The number of nitrogens with one attached hydrogen (secondary N) is 1. The normalized spacial score (nSPS) is 22.3. The van der Waals surface area contributed by atoms with Gasteiger partial charge in [-0.05, 0) is 24.1 Å². The lowest BCUT2D eigenvalue weighted by Gasteiger charge is -2.17. The first kappa shape index (κ1) is 15.4. The van der Waals surface area contributed by atoms with E-state index < -0.39 is 35.4 Å². The Labute approximate surface area is 118 Å². The van der Waals surface area contributed by atoms with Gasteiger partial charge in [0.05, 0.1) is 13.0 Å². The van der Waals surface area contributed by atoms with Crippen molar-refractivity contribution in [3.63, 3.8) is 0 Å². The standard InChI is InChI=1S/C13H14F3NO4/c1-21-10-4-6(2-8(11(10)18)13(14,15)16)9-3-7(5-17-9)12(19)20/h2,4,7,9,17-18H,3,5H2,1H3,(H,19,20). The third-order valence-corrected chi connectivity index (χ3v) is 3.51. The molecule has 0 spiro atoms. The van der Waals surface area contributed by atoms with Crippen molar-refractivity contribution < 1.29 is 32.9 Å². The smallest absolute Gasteiger partial charge is 0.420 e. The van der Waals surface area contributed by atoms with Crippen LogP contribution in [0.4, 0.5) is 13.2 Å². The summed E-state index contributed by atoms with van der Waals surface area (Å²) in [5.74, 6) is -2.90. The molecule has 0 aromatic heterocycles. The molecular weight excluding hydrogens is 291 g/mol. The second-order valence-electron chi connectivity index (χ2n) is 4.85. The number of alkyl halides is 3. The van der Waals surface area contributed by atoms with Crippen molar-refractivity contribution in [3.05, 3.63) is 23.3 Å². The molecule has 1 aliphatic rings. The number of hydrogen-bond acceptors (Lipinski definition) is 4. The van der Waals surface area contributed by atoms with Crippen molar-refractivity contribution >= 4 is 5.97 Å². The van der Waals surface area contributed by atoms with Crippen molar-refractivity contribution in [2.45, 2.75) is 18.6 Å². The molecule has 2 unspecified atom stereocenters. The predicted octanol–water partition coefficient (Wildman–Crippen LogP) is 2.15. The van der Waals surface area contributed by atoms with Gasteiger partial charge in [-0.2, -0.15) is 13.2 Å². The molecule has 1 saturated heterocycles. The van der Waals surface area contributed by atoms with E-state index in [0.717, 1.165) is 13.2 Å². The zero-order chi connectivity index (χ0) is 15.8. The maximum absolute atomic E-state index is 12.9. The van der Waals surface area contributed by atoms with Gasteiger partial charge >= 0.3 is 12.1 Å². The van der Waals surface area contributed by atoms with Crippen LogP contribution >= 0.6 is 0 Å². The highest BCUT2D eigenvalue weighted by Gasteiger charge is 2.38. The highest BCUT2D eigenvalue weighted by Crippen LogP contribution is 2.43. The molecule has 1 aromatic rings. The van der Waals surface area contributed by atoms with Gasteiger partial charge in [0.1, 0.15) is 5.56 Å². The number of aromatic hydroxyl groups is 1. The van der Waals surface area contributed by atoms with Gasteiger partial charge in [-0.1, -0.05) is 0 Å². The Kier molecular flexibility index (Phi) is 3.99. The minimum atomic E-state index is -4.72. The molecule has 3 N–H and O–H groups in total. The molecule has 0 bridgehead atoms. The van der Waals surface area contributed by atoms with Crippen LogP contribution in [0.1, 0.15) is 23.6 Å². The van der Waals surface area contributed by atoms with E-state index >= 15 is 0 Å². The number of carboxylic acid groups (broad SMARTS) is 1. The van der Waals surface area contributed by atoms with Gasteiger partial charge in [-0.15, -0.1) is 0 Å². The van der Waals surface area contributed by atoms with Crippen LogP contribution in [0.3, 0.4) is 0 Å². The second kappa shape index (κ2) is 5.44. The molecule has 0 aliphatic carbocycles. The van der Waals surface area contributed by atoms with Gasteiger partial charge in [0.15, 0.2) is 11.5 Å². The average Bonchev–Trinajstić information content (AvgIpc) is 2.87. The SMILES string of the molecule is COc1cc(C2CC(C(=O)O)CN2)cc(C(F)(F)F)c1O. The van der Waals surface area contributed by atoms with Crippen molar-refractivity contribution in [2.75, 3.05) is 13.7 Å². The Morgan fingerprint density at radius 1 is 1.43 bits per heavy atom. The van der Waals surface area contributed by atoms with Crippen LogP contribution in [0, 0.1) is 5.92 Å². The molecule has 1 aromatic carbocycles. The van der Waals surface area contributed by atoms with Gasteiger partial charge in [-0.25, -0.2) is 0 Å². The van der Waals surface area contributed by atoms with E-state index in [1.54, 1.807) is 0 Å². The molecule has 0 amide bonds. The molecule has 8 heteroatoms. The van der Waals surface area contributed by atoms with E-state index in [1.165, 1.54) is 6.07 Å². The molecule has 5 nitrogen and oxygen atoms in total. The van der Waals surface area contributed by atoms with Gasteiger partial charge in [-0.3, -0.25) is 4.79 Å². The Bertz CT molecular complexity index is 559. The maximum atomic E-state index is 12.9. The highest BCUT2D eigenvalue weighted by atomic mass is 19.4. The number of carbonyl (C=O) groups is 1. The van der Waals surface area contributed by atoms with Gasteiger partial charge in [0.25, 0.3) is 0 Å². The monoisotopic (exact) mass is 305 g/mol. The van der Waals surface area contributed by atoms with Crippen molar-refractivity contribution in [1.29, 1.82) is 0 Å². The van der Waals surface area contributed by atoms with E-state index in [0.29, 0.717) is 0 Å². The largest absolute Gasteiger partial charge is 0.504 e. The van der Waals surface area contributed by atoms with Crippen LogP contribution in [0.15, 0.2) is 12.1 Å². The average molecular weight is 305 g/mol. The summed E-state index contributed by atoms with van der Waals surface area (Å²) in [6.45, 7) is 0.185. The predicted molar refractivity (Wildman–Crippen MR) is 66.1 cm³/mol. The first-order valence-electron chi connectivity index (χ1n) is 6.18. The summed E-state index contributed by atoms with van der Waals surface area (Å²) in [5, 5.41) is 21.4. The first-order chi connectivity index (χ1) is 9.74. The third kappa shape index (κ3) is 3.05. The third-order valence-electron chi connectivity index (χ3n) is 3.51. The number of phenols is 1. The fourth-order valence-corrected chi connectivity index (χ4v) is 2.38. The molecule has 1 aliphatic heterocycles. The summed E-state index contributed by atoms with van der Waals surface area (Å²) in [6.07, 6.45) is -4.54. The molecule has 21 heavy (non-hydrogen) atoms. The highest BCUT2D eigenvalue weighted by molar-refractivity contribution is 5.71. The molecule has 0 radical (unpaired) electrons. The number of aliphatic carboxylic acids is 1. The van der Waals surface area contributed by atoms with Crippen LogP contribution in [0.2, 0.25) is 0 Å². The lowest BCUT2D eigenvalue weighted by molar-refractivity contribution is -0.141. The summed E-state index contributed by atoms with van der Waals surface area (Å²) in [5.41, 5.74) is -0.960. The Morgan fingerprint density at radius 3 is 2.57 bits per heavy atom. The number of phenolic OH excluding ortho intramolecular Hbond substituents is 1. The molecule has 116 valence electrons. The van der Waals surface area contributed by atoms with Crippen LogP contribution in [0.25, 0.3) is 0 Å². The van der Waals surface area contributed by atoms with Gasteiger partial charge in [0.2, 0.25) is 0 Å². The molecule has 1 heterocycles. The first-order valence-corrected chi connectivity index (χ1v) is 6.18. The number of rotatable bonds is 3. The zero-order valence-electron chi connectivity index (χ0n) is 11.1. The number of benzene rings is 1. The molecule has 0 saturated carbocycles. The Balaban J connectivity index is 2.39. The fourth-order valence-electron chi connectivity index (χ4n) is 2.38. The number of hydrogen-bond donors (Lipinski definition) is 3. The molecule has 2 atom stereocenters. The number of halogens is 3. The number of methoxy groups -OCH3 is 1. The van der Waals surface area contributed by atoms with Crippen LogP contribution < -0.4 is 10.1 Å². The summed E-state index contributed by atoms with van der Waals surface area (Å²) in [6, 6.07) is 1.58. The van der Waals surface area contributed by atoms with E-state index in [-0.39, 0.29) is 24.3 Å². The fraction of sp³-hybridized carbons (Fsp3) is 0.462.